The Bertz CT molecular complexity index is 326. The Labute approximate surface area is 83.5 Å². The third-order valence-corrected chi connectivity index (χ3v) is 2.55. The van der Waals surface area contributed by atoms with E-state index in [1.54, 1.807) is 7.05 Å². The smallest absolute Gasteiger partial charge is 0.0889 e. The molecule has 1 rings (SSSR count). The average molecular weight is 195 g/mol. The summed E-state index contributed by atoms with van der Waals surface area (Å²) in [6.07, 6.45) is 0. The first-order valence-electron chi connectivity index (χ1n) is 4.46. The van der Waals surface area contributed by atoms with Crippen LogP contribution in [0.25, 0.3) is 0 Å². The highest BCUT2D eigenvalue weighted by atomic mass is 14.9. The van der Waals surface area contributed by atoms with Gasteiger partial charge >= 0.3 is 0 Å². The SMILES string of the molecule is CNC1=C(N)C(N)C(=N)C(C)=C1CN. The predicted octanol–water partition coefficient (Wildman–Crippen LogP) is -0.988. The fourth-order valence-corrected chi connectivity index (χ4v) is 1.62. The number of rotatable bonds is 2. The summed E-state index contributed by atoms with van der Waals surface area (Å²) in [6.45, 7) is 2.20. The summed E-state index contributed by atoms with van der Waals surface area (Å²) in [5, 5.41) is 10.7. The monoisotopic (exact) mass is 195 g/mol. The van der Waals surface area contributed by atoms with Gasteiger partial charge in [-0.2, -0.15) is 0 Å². The fraction of sp³-hybridized carbons (Fsp3) is 0.444. The molecule has 0 aliphatic heterocycles. The van der Waals surface area contributed by atoms with Crippen LogP contribution in [-0.2, 0) is 0 Å². The van der Waals surface area contributed by atoms with Crippen LogP contribution in [0.4, 0.5) is 0 Å². The quantitative estimate of drug-likeness (QED) is 0.389. The van der Waals surface area contributed by atoms with E-state index in [0.29, 0.717) is 18.0 Å². The third-order valence-electron chi connectivity index (χ3n) is 2.55. The number of nitrogens with two attached hydrogens (primary N) is 3. The van der Waals surface area contributed by atoms with Crippen molar-refractivity contribution in [2.45, 2.75) is 13.0 Å². The van der Waals surface area contributed by atoms with Gasteiger partial charge in [-0.15, -0.1) is 0 Å². The van der Waals surface area contributed by atoms with Gasteiger partial charge in [-0.3, -0.25) is 0 Å². The van der Waals surface area contributed by atoms with Gasteiger partial charge in [0.2, 0.25) is 0 Å². The first-order chi connectivity index (χ1) is 6.54. The molecule has 0 fully saturated rings. The molecule has 1 aliphatic rings. The number of hydrogen-bond acceptors (Lipinski definition) is 5. The molecule has 0 aromatic heterocycles. The molecule has 0 aromatic carbocycles. The Morgan fingerprint density at radius 3 is 2.50 bits per heavy atom. The summed E-state index contributed by atoms with van der Waals surface area (Å²) >= 11 is 0. The van der Waals surface area contributed by atoms with E-state index >= 15 is 0 Å². The van der Waals surface area contributed by atoms with Gasteiger partial charge in [0, 0.05) is 13.6 Å². The van der Waals surface area contributed by atoms with Crippen LogP contribution < -0.4 is 22.5 Å². The van der Waals surface area contributed by atoms with Gasteiger partial charge in [-0.25, -0.2) is 0 Å². The van der Waals surface area contributed by atoms with E-state index in [-0.39, 0.29) is 0 Å². The van der Waals surface area contributed by atoms with Crippen LogP contribution in [0.3, 0.4) is 0 Å². The van der Waals surface area contributed by atoms with Crippen molar-refractivity contribution in [3.63, 3.8) is 0 Å². The van der Waals surface area contributed by atoms with E-state index in [2.05, 4.69) is 5.32 Å². The van der Waals surface area contributed by atoms with Crippen LogP contribution in [0.5, 0.6) is 0 Å². The van der Waals surface area contributed by atoms with Gasteiger partial charge in [-0.05, 0) is 18.1 Å². The highest BCUT2D eigenvalue weighted by Crippen LogP contribution is 2.22. The zero-order chi connectivity index (χ0) is 10.9. The molecule has 0 aromatic rings. The van der Waals surface area contributed by atoms with Crippen LogP contribution in [0, 0.1) is 5.41 Å². The summed E-state index contributed by atoms with van der Waals surface area (Å²) in [4.78, 5) is 0. The van der Waals surface area contributed by atoms with E-state index in [9.17, 15) is 0 Å². The van der Waals surface area contributed by atoms with Gasteiger partial charge in [-0.1, -0.05) is 0 Å². The molecule has 1 atom stereocenters. The van der Waals surface area contributed by atoms with Crippen molar-refractivity contribution in [1.82, 2.24) is 5.32 Å². The maximum Gasteiger partial charge on any atom is 0.0889 e. The van der Waals surface area contributed by atoms with Gasteiger partial charge in [0.15, 0.2) is 0 Å². The average Bonchev–Trinajstić information content (AvgIpc) is 2.20. The third kappa shape index (κ3) is 1.40. The molecule has 0 saturated carbocycles. The molecule has 0 heterocycles. The first-order valence-corrected chi connectivity index (χ1v) is 4.46. The molecule has 5 nitrogen and oxygen atoms in total. The first kappa shape index (κ1) is 10.7. The van der Waals surface area contributed by atoms with Crippen LogP contribution >= 0.6 is 0 Å². The zero-order valence-electron chi connectivity index (χ0n) is 8.52. The lowest BCUT2D eigenvalue weighted by Crippen LogP contribution is -2.43. The van der Waals surface area contributed by atoms with Gasteiger partial charge in [0.25, 0.3) is 0 Å². The molecule has 0 spiro atoms. The van der Waals surface area contributed by atoms with Crippen molar-refractivity contribution < 1.29 is 0 Å². The second kappa shape index (κ2) is 3.81. The van der Waals surface area contributed by atoms with Crippen molar-refractivity contribution in [1.29, 1.82) is 5.41 Å². The lowest BCUT2D eigenvalue weighted by Gasteiger charge is -2.27. The molecule has 1 unspecified atom stereocenters. The minimum atomic E-state index is -0.521. The van der Waals surface area contributed by atoms with E-state index in [1.165, 1.54) is 0 Å². The Balaban J connectivity index is 3.29. The van der Waals surface area contributed by atoms with Crippen molar-refractivity contribution in [3.8, 4) is 0 Å². The second-order valence-corrected chi connectivity index (χ2v) is 3.28. The molecular formula is C9H17N5. The molecule has 78 valence electrons. The van der Waals surface area contributed by atoms with Crippen molar-refractivity contribution in [2.24, 2.45) is 17.2 Å². The number of nitrogens with one attached hydrogen (secondary N) is 2. The minimum absolute atomic E-state index is 0.349. The maximum absolute atomic E-state index is 7.75. The normalized spacial score (nSPS) is 23.1. The summed E-state index contributed by atoms with van der Waals surface area (Å²) in [7, 11) is 1.77. The summed E-state index contributed by atoms with van der Waals surface area (Å²) < 4.78 is 0. The summed E-state index contributed by atoms with van der Waals surface area (Å²) in [5.41, 5.74) is 20.5. The van der Waals surface area contributed by atoms with E-state index < -0.39 is 6.04 Å². The molecule has 14 heavy (non-hydrogen) atoms. The molecule has 0 bridgehead atoms. The van der Waals surface area contributed by atoms with Crippen LogP contribution in [0.1, 0.15) is 6.92 Å². The van der Waals surface area contributed by atoms with Gasteiger partial charge in [0.05, 0.1) is 23.1 Å². The maximum atomic E-state index is 7.75. The zero-order valence-corrected chi connectivity index (χ0v) is 8.52. The number of likely N-dealkylation sites (N-methyl/N-ethyl adjacent to an activating group) is 1. The van der Waals surface area contributed by atoms with Crippen LogP contribution in [0.2, 0.25) is 0 Å². The molecule has 0 amide bonds. The van der Waals surface area contributed by atoms with Gasteiger partial charge < -0.3 is 27.9 Å². The Hall–Kier alpha value is -1.33. The molecule has 0 radical (unpaired) electrons. The molecule has 5 heteroatoms. The van der Waals surface area contributed by atoms with E-state index in [0.717, 1.165) is 16.8 Å². The molecule has 8 N–H and O–H groups in total. The van der Waals surface area contributed by atoms with Crippen molar-refractivity contribution in [2.75, 3.05) is 13.6 Å². The minimum Gasteiger partial charge on any atom is -0.399 e. The van der Waals surface area contributed by atoms with E-state index in [4.69, 9.17) is 22.6 Å². The Morgan fingerprint density at radius 2 is 2.07 bits per heavy atom. The van der Waals surface area contributed by atoms with Crippen LogP contribution in [0.15, 0.2) is 22.5 Å². The Morgan fingerprint density at radius 1 is 1.50 bits per heavy atom. The lowest BCUT2D eigenvalue weighted by molar-refractivity contribution is 0.845. The van der Waals surface area contributed by atoms with Crippen LogP contribution in [-0.4, -0.2) is 25.3 Å². The predicted molar refractivity (Wildman–Crippen MR) is 57.7 cm³/mol. The second-order valence-electron chi connectivity index (χ2n) is 3.28. The topological polar surface area (TPSA) is 114 Å². The summed E-state index contributed by atoms with van der Waals surface area (Å²) in [6, 6.07) is -0.521. The van der Waals surface area contributed by atoms with Crippen molar-refractivity contribution >= 4 is 5.71 Å². The van der Waals surface area contributed by atoms with Crippen molar-refractivity contribution in [3.05, 3.63) is 22.5 Å². The van der Waals surface area contributed by atoms with Gasteiger partial charge in [0.1, 0.15) is 0 Å². The summed E-state index contributed by atoms with van der Waals surface area (Å²) in [5.74, 6) is 0. The fourth-order valence-electron chi connectivity index (χ4n) is 1.62. The highest BCUT2D eigenvalue weighted by molar-refractivity contribution is 6.05. The standard InChI is InChI=1S/C9H17N5/c1-4-5(3-10)9(14-2)8(13)7(12)6(4)11/h7,11,14H,3,10,12-13H2,1-2H3. The largest absolute Gasteiger partial charge is 0.399 e. The molecule has 1 aliphatic carbocycles. The molecular weight excluding hydrogens is 178 g/mol. The lowest BCUT2D eigenvalue weighted by atomic mass is 9.89. The van der Waals surface area contributed by atoms with E-state index in [1.807, 2.05) is 6.92 Å². The Kier molecular flexibility index (Phi) is 2.93. The number of hydrogen-bond donors (Lipinski definition) is 5. The molecule has 0 saturated heterocycles. The highest BCUT2D eigenvalue weighted by Gasteiger charge is 2.26.